The molecule has 0 aromatic carbocycles. The van der Waals surface area contributed by atoms with Crippen LogP contribution in [0.15, 0.2) is 14.7 Å². The number of rotatable bonds is 8. The van der Waals surface area contributed by atoms with Gasteiger partial charge in [-0.15, -0.1) is 11.3 Å². The Bertz CT molecular complexity index is 471. The van der Waals surface area contributed by atoms with Crippen molar-refractivity contribution in [3.05, 3.63) is 14.7 Å². The van der Waals surface area contributed by atoms with Gasteiger partial charge in [-0.3, -0.25) is 0 Å². The Labute approximate surface area is 126 Å². The van der Waals surface area contributed by atoms with Crippen LogP contribution in [0.3, 0.4) is 0 Å². The molecule has 1 aromatic heterocycles. The van der Waals surface area contributed by atoms with E-state index in [0.717, 1.165) is 33.7 Å². The zero-order chi connectivity index (χ0) is 13.6. The Balaban J connectivity index is 2.43. The lowest BCUT2D eigenvalue weighted by Crippen LogP contribution is -2.24. The summed E-state index contributed by atoms with van der Waals surface area (Å²) in [5.74, 6) is 1.14. The molecule has 1 heterocycles. The largest absolute Gasteiger partial charge is 0.241 e. The standard InChI is InChI=1S/C11H18BrNO2S3/c1-9-10(8-11(12)17-9)18(14,15)13-6-4-3-5-7-16-2/h8,13H,3-7H2,1-2H3. The molecule has 0 aliphatic carbocycles. The van der Waals surface area contributed by atoms with Crippen molar-refractivity contribution in [2.75, 3.05) is 18.6 Å². The second-order valence-corrected chi connectivity index (χ2v) is 9.28. The highest BCUT2D eigenvalue weighted by molar-refractivity contribution is 9.11. The Morgan fingerprint density at radius 2 is 2.11 bits per heavy atom. The number of hydrogen-bond donors (Lipinski definition) is 1. The first-order valence-corrected chi connectivity index (χ1v) is 10.2. The minimum atomic E-state index is -3.34. The molecular formula is C11H18BrNO2S3. The molecular weight excluding hydrogens is 354 g/mol. The number of hydrogen-bond acceptors (Lipinski definition) is 4. The summed E-state index contributed by atoms with van der Waals surface area (Å²) in [4.78, 5) is 1.21. The van der Waals surface area contributed by atoms with Gasteiger partial charge in [-0.2, -0.15) is 11.8 Å². The molecule has 1 N–H and O–H groups in total. The van der Waals surface area contributed by atoms with Crippen molar-refractivity contribution in [2.24, 2.45) is 0 Å². The van der Waals surface area contributed by atoms with E-state index in [-0.39, 0.29) is 0 Å². The minimum absolute atomic E-state index is 0.392. The van der Waals surface area contributed by atoms with E-state index in [4.69, 9.17) is 0 Å². The van der Waals surface area contributed by atoms with Crippen molar-refractivity contribution in [3.63, 3.8) is 0 Å². The highest BCUT2D eigenvalue weighted by Crippen LogP contribution is 2.29. The second-order valence-electron chi connectivity index (χ2n) is 3.92. The van der Waals surface area contributed by atoms with Crippen LogP contribution in [0.25, 0.3) is 0 Å². The van der Waals surface area contributed by atoms with E-state index in [9.17, 15) is 8.42 Å². The molecule has 0 aliphatic heterocycles. The molecule has 0 atom stereocenters. The van der Waals surface area contributed by atoms with Crippen molar-refractivity contribution in [1.82, 2.24) is 4.72 Å². The van der Waals surface area contributed by atoms with E-state index >= 15 is 0 Å². The lowest BCUT2D eigenvalue weighted by molar-refractivity contribution is 0.576. The summed E-state index contributed by atoms with van der Waals surface area (Å²) in [5.41, 5.74) is 0. The number of halogens is 1. The summed E-state index contributed by atoms with van der Waals surface area (Å²) in [6.07, 6.45) is 5.19. The molecule has 0 amide bonds. The molecule has 0 spiro atoms. The molecule has 0 saturated carbocycles. The first-order chi connectivity index (χ1) is 8.47. The van der Waals surface area contributed by atoms with Gasteiger partial charge >= 0.3 is 0 Å². The fraction of sp³-hybridized carbons (Fsp3) is 0.636. The molecule has 0 bridgehead atoms. The summed E-state index contributed by atoms with van der Waals surface area (Å²) >= 11 is 6.58. The number of nitrogens with one attached hydrogen (secondary N) is 1. The number of sulfonamides is 1. The van der Waals surface area contributed by atoms with E-state index in [1.54, 1.807) is 6.07 Å². The average Bonchev–Trinajstić information content (AvgIpc) is 2.63. The van der Waals surface area contributed by atoms with Crippen LogP contribution < -0.4 is 4.72 Å². The SMILES string of the molecule is CSCCCCCNS(=O)(=O)c1cc(Br)sc1C. The van der Waals surface area contributed by atoms with Crippen LogP contribution in [0, 0.1) is 6.92 Å². The van der Waals surface area contributed by atoms with Gasteiger partial charge in [-0.1, -0.05) is 6.42 Å². The number of unbranched alkanes of at least 4 members (excludes halogenated alkanes) is 2. The topological polar surface area (TPSA) is 46.2 Å². The zero-order valence-corrected chi connectivity index (χ0v) is 14.6. The lowest BCUT2D eigenvalue weighted by Gasteiger charge is -2.05. The normalized spacial score (nSPS) is 11.9. The number of aryl methyl sites for hydroxylation is 1. The Hall–Kier alpha value is 0.440. The minimum Gasteiger partial charge on any atom is -0.211 e. The van der Waals surface area contributed by atoms with E-state index in [0.29, 0.717) is 11.4 Å². The Morgan fingerprint density at radius 3 is 2.67 bits per heavy atom. The van der Waals surface area contributed by atoms with Gasteiger partial charge in [0, 0.05) is 11.4 Å². The molecule has 0 fully saturated rings. The summed E-state index contributed by atoms with van der Waals surface area (Å²) < 4.78 is 27.6. The van der Waals surface area contributed by atoms with Crippen molar-refractivity contribution >= 4 is 49.1 Å². The number of thioether (sulfide) groups is 1. The van der Waals surface area contributed by atoms with Crippen molar-refractivity contribution in [1.29, 1.82) is 0 Å². The van der Waals surface area contributed by atoms with Crippen LogP contribution in [-0.4, -0.2) is 27.0 Å². The van der Waals surface area contributed by atoms with Crippen LogP contribution >= 0.6 is 39.0 Å². The van der Waals surface area contributed by atoms with Gasteiger partial charge < -0.3 is 0 Å². The predicted molar refractivity (Wildman–Crippen MR) is 84.2 cm³/mol. The third-order valence-electron chi connectivity index (χ3n) is 2.45. The first kappa shape index (κ1) is 16.5. The monoisotopic (exact) mass is 371 g/mol. The van der Waals surface area contributed by atoms with Gasteiger partial charge in [0.05, 0.1) is 8.68 Å². The number of thiophene rings is 1. The second kappa shape index (κ2) is 7.89. The van der Waals surface area contributed by atoms with Crippen LogP contribution in [0.4, 0.5) is 0 Å². The molecule has 1 aromatic rings. The summed E-state index contributed by atoms with van der Waals surface area (Å²) in [6.45, 7) is 2.34. The third-order valence-corrected chi connectivity index (χ3v) is 6.42. The molecule has 18 heavy (non-hydrogen) atoms. The summed E-state index contributed by atoms with van der Waals surface area (Å²) in [5, 5.41) is 0. The van der Waals surface area contributed by atoms with Crippen molar-refractivity contribution in [2.45, 2.75) is 31.1 Å². The third kappa shape index (κ3) is 5.21. The maximum Gasteiger partial charge on any atom is 0.241 e. The first-order valence-electron chi connectivity index (χ1n) is 5.72. The van der Waals surface area contributed by atoms with Gasteiger partial charge in [0.25, 0.3) is 0 Å². The van der Waals surface area contributed by atoms with Crippen molar-refractivity contribution in [3.8, 4) is 0 Å². The molecule has 3 nitrogen and oxygen atoms in total. The van der Waals surface area contributed by atoms with Crippen LogP contribution in [-0.2, 0) is 10.0 Å². The molecule has 0 aliphatic rings. The van der Waals surface area contributed by atoms with Crippen LogP contribution in [0.5, 0.6) is 0 Å². The van der Waals surface area contributed by atoms with Crippen molar-refractivity contribution < 1.29 is 8.42 Å². The molecule has 7 heteroatoms. The van der Waals surface area contributed by atoms with E-state index in [2.05, 4.69) is 26.9 Å². The predicted octanol–water partition coefficient (Wildman–Crippen LogP) is 3.63. The Kier molecular flexibility index (Phi) is 7.23. The maximum absolute atomic E-state index is 12.0. The highest BCUT2D eigenvalue weighted by Gasteiger charge is 2.18. The van der Waals surface area contributed by atoms with Gasteiger partial charge in [0.15, 0.2) is 0 Å². The quantitative estimate of drug-likeness (QED) is 0.709. The average molecular weight is 372 g/mol. The summed E-state index contributed by atoms with van der Waals surface area (Å²) in [7, 11) is -3.34. The van der Waals surface area contributed by atoms with Gasteiger partial charge in [-0.25, -0.2) is 13.1 Å². The van der Waals surface area contributed by atoms with E-state index in [1.165, 1.54) is 11.3 Å². The lowest BCUT2D eigenvalue weighted by atomic mass is 10.2. The molecule has 104 valence electrons. The molecule has 0 unspecified atom stereocenters. The van der Waals surface area contributed by atoms with E-state index < -0.39 is 10.0 Å². The zero-order valence-electron chi connectivity index (χ0n) is 10.5. The fourth-order valence-corrected chi connectivity index (χ4v) is 5.51. The molecule has 0 radical (unpaired) electrons. The molecule has 0 saturated heterocycles. The van der Waals surface area contributed by atoms with E-state index in [1.807, 2.05) is 18.7 Å². The smallest absolute Gasteiger partial charge is 0.211 e. The highest BCUT2D eigenvalue weighted by atomic mass is 79.9. The van der Waals surface area contributed by atoms with Gasteiger partial charge in [0.2, 0.25) is 10.0 Å². The van der Waals surface area contributed by atoms with Gasteiger partial charge in [-0.05, 0) is 53.8 Å². The maximum atomic E-state index is 12.0. The fourth-order valence-electron chi connectivity index (χ4n) is 1.53. The summed E-state index contributed by atoms with van der Waals surface area (Å²) in [6, 6.07) is 1.66. The Morgan fingerprint density at radius 1 is 1.39 bits per heavy atom. The molecule has 1 rings (SSSR count). The van der Waals surface area contributed by atoms with Crippen LogP contribution in [0.2, 0.25) is 0 Å². The van der Waals surface area contributed by atoms with Crippen LogP contribution in [0.1, 0.15) is 24.1 Å². The van der Waals surface area contributed by atoms with Gasteiger partial charge in [0.1, 0.15) is 0 Å².